The number of aliphatic hydroxyl groups excluding tert-OH is 1. The molecular formula is C16H17NO4S. The van der Waals surface area contributed by atoms with Crippen LogP contribution in [0, 0.1) is 5.21 Å². The third-order valence-corrected chi connectivity index (χ3v) is 4.08. The van der Waals surface area contributed by atoms with Gasteiger partial charge in [-0.2, -0.15) is 4.73 Å². The molecule has 2 rings (SSSR count). The predicted molar refractivity (Wildman–Crippen MR) is 84.1 cm³/mol. The van der Waals surface area contributed by atoms with Crippen molar-refractivity contribution in [3.63, 3.8) is 0 Å². The molecule has 22 heavy (non-hydrogen) atoms. The molecule has 5 nitrogen and oxygen atoms in total. The number of hydrogen-bond acceptors (Lipinski definition) is 5. The third kappa shape index (κ3) is 4.75. The van der Waals surface area contributed by atoms with E-state index in [1.807, 2.05) is 0 Å². The summed E-state index contributed by atoms with van der Waals surface area (Å²) in [6.45, 7) is 1.63. The summed E-state index contributed by atoms with van der Waals surface area (Å²) in [5.41, 5.74) is 0.618. The number of carbonyl (C=O) groups is 1. The Kier molecular flexibility index (Phi) is 5.80. The molecule has 2 aromatic rings. The highest BCUT2D eigenvalue weighted by atomic mass is 32.2. The van der Waals surface area contributed by atoms with E-state index in [2.05, 4.69) is 0 Å². The number of thioether (sulfide) groups is 1. The maximum atomic E-state index is 11.5. The molecule has 0 bridgehead atoms. The fourth-order valence-electron chi connectivity index (χ4n) is 1.73. The summed E-state index contributed by atoms with van der Waals surface area (Å²) in [5, 5.41) is 21.9. The Labute approximate surface area is 133 Å². The monoisotopic (exact) mass is 319 g/mol. The largest absolute Gasteiger partial charge is 0.618 e. The van der Waals surface area contributed by atoms with Crippen LogP contribution < -0.4 is 9.47 Å². The molecule has 1 aromatic heterocycles. The molecule has 0 aliphatic rings. The maximum absolute atomic E-state index is 11.5. The van der Waals surface area contributed by atoms with Gasteiger partial charge in [0.2, 0.25) is 0 Å². The number of pyridine rings is 1. The molecule has 0 saturated carbocycles. The van der Waals surface area contributed by atoms with Gasteiger partial charge in [-0.05, 0) is 37.3 Å². The lowest BCUT2D eigenvalue weighted by Gasteiger charge is -2.12. The van der Waals surface area contributed by atoms with Crippen molar-refractivity contribution in [3.8, 4) is 5.75 Å². The Morgan fingerprint density at radius 3 is 2.68 bits per heavy atom. The number of nitrogens with zero attached hydrogens (tertiary/aromatic N) is 1. The molecule has 0 radical (unpaired) electrons. The number of carbonyl (C=O) groups excluding carboxylic acids is 1. The van der Waals surface area contributed by atoms with Gasteiger partial charge in [-0.3, -0.25) is 4.79 Å². The van der Waals surface area contributed by atoms with Crippen molar-refractivity contribution in [2.45, 2.75) is 18.1 Å². The van der Waals surface area contributed by atoms with Crippen LogP contribution in [0.25, 0.3) is 0 Å². The zero-order valence-electron chi connectivity index (χ0n) is 12.1. The number of hydrogen-bond donors (Lipinski definition) is 1. The van der Waals surface area contributed by atoms with Crippen molar-refractivity contribution in [2.24, 2.45) is 0 Å². The number of aliphatic hydroxyl groups is 1. The second-order valence-electron chi connectivity index (χ2n) is 4.72. The lowest BCUT2D eigenvalue weighted by Crippen LogP contribution is -2.29. The summed E-state index contributed by atoms with van der Waals surface area (Å²) in [7, 11) is 0. The van der Waals surface area contributed by atoms with E-state index in [9.17, 15) is 15.1 Å². The molecule has 0 saturated heterocycles. The molecule has 1 N–H and O–H groups in total. The van der Waals surface area contributed by atoms with Gasteiger partial charge >= 0.3 is 0 Å². The molecule has 0 aliphatic carbocycles. The second-order valence-corrected chi connectivity index (χ2v) is 5.76. The molecule has 0 fully saturated rings. The summed E-state index contributed by atoms with van der Waals surface area (Å²) in [4.78, 5) is 11.2. The van der Waals surface area contributed by atoms with E-state index in [4.69, 9.17) is 4.74 Å². The van der Waals surface area contributed by atoms with Crippen molar-refractivity contribution in [1.29, 1.82) is 0 Å². The fourth-order valence-corrected chi connectivity index (χ4v) is 2.55. The molecule has 0 amide bonds. The van der Waals surface area contributed by atoms with Gasteiger partial charge in [0.1, 0.15) is 12.4 Å². The number of ether oxygens (including phenoxy) is 1. The fraction of sp³-hybridized carbons (Fsp3) is 0.250. The molecule has 1 aromatic carbocycles. The number of Topliss-reactive ketones (excluding diaryl/α,β-unsaturated/α-hetero) is 1. The standard InChI is InChI=1S/C16H17NO4S/c1-12(18)13-5-7-15(8-6-13)21-10-14(19)11-22-16-4-2-3-9-17(16)20/h2-9,14,19H,10-11H2,1H3. The van der Waals surface area contributed by atoms with Crippen LogP contribution in [-0.4, -0.2) is 29.4 Å². The van der Waals surface area contributed by atoms with E-state index in [0.717, 1.165) is 4.73 Å². The summed E-state index contributed by atoms with van der Waals surface area (Å²) >= 11 is 1.27. The molecular weight excluding hydrogens is 302 g/mol. The number of benzene rings is 1. The van der Waals surface area contributed by atoms with Crippen molar-refractivity contribution in [2.75, 3.05) is 12.4 Å². The Hall–Kier alpha value is -2.05. The highest BCUT2D eigenvalue weighted by molar-refractivity contribution is 7.99. The molecule has 1 atom stereocenters. The van der Waals surface area contributed by atoms with Crippen LogP contribution in [0.5, 0.6) is 5.75 Å². The van der Waals surface area contributed by atoms with Gasteiger partial charge < -0.3 is 15.1 Å². The quantitative estimate of drug-likeness (QED) is 0.366. The number of aromatic nitrogens is 1. The normalized spacial score (nSPS) is 11.9. The first-order valence-corrected chi connectivity index (χ1v) is 7.77. The van der Waals surface area contributed by atoms with Crippen molar-refractivity contribution < 1.29 is 19.4 Å². The van der Waals surface area contributed by atoms with Gasteiger partial charge in [-0.15, -0.1) is 0 Å². The Morgan fingerprint density at radius 1 is 1.32 bits per heavy atom. The lowest BCUT2D eigenvalue weighted by molar-refractivity contribution is -0.645. The van der Waals surface area contributed by atoms with Gasteiger partial charge in [0.25, 0.3) is 5.03 Å². The van der Waals surface area contributed by atoms with Crippen molar-refractivity contribution >= 4 is 17.5 Å². The van der Waals surface area contributed by atoms with Crippen LogP contribution >= 0.6 is 11.8 Å². The smallest absolute Gasteiger partial charge is 0.251 e. The highest BCUT2D eigenvalue weighted by Gasteiger charge is 2.11. The number of ketones is 1. The SMILES string of the molecule is CC(=O)c1ccc(OCC(O)CSc2cccc[n+]2[O-])cc1. The van der Waals surface area contributed by atoms with Gasteiger partial charge in [0.15, 0.2) is 12.0 Å². The van der Waals surface area contributed by atoms with Gasteiger partial charge in [0, 0.05) is 23.4 Å². The van der Waals surface area contributed by atoms with Crippen LogP contribution in [0.15, 0.2) is 53.7 Å². The summed E-state index contributed by atoms with van der Waals surface area (Å²) in [5.74, 6) is 0.946. The van der Waals surface area contributed by atoms with Crippen LogP contribution in [0.1, 0.15) is 17.3 Å². The van der Waals surface area contributed by atoms with E-state index in [1.54, 1.807) is 42.5 Å². The first kappa shape index (κ1) is 16.3. The summed E-state index contributed by atoms with van der Waals surface area (Å²) in [6.07, 6.45) is 0.722. The Balaban J connectivity index is 1.79. The topological polar surface area (TPSA) is 73.5 Å². The average Bonchev–Trinajstić information content (AvgIpc) is 2.52. The van der Waals surface area contributed by atoms with Crippen molar-refractivity contribution in [1.82, 2.24) is 0 Å². The summed E-state index contributed by atoms with van der Waals surface area (Å²) < 4.78 is 6.22. The minimum Gasteiger partial charge on any atom is -0.618 e. The van der Waals surface area contributed by atoms with Gasteiger partial charge in [0.05, 0.1) is 6.10 Å². The van der Waals surface area contributed by atoms with Gasteiger partial charge in [-0.25, -0.2) is 0 Å². The zero-order chi connectivity index (χ0) is 15.9. The van der Waals surface area contributed by atoms with Crippen LogP contribution in [-0.2, 0) is 0 Å². The van der Waals surface area contributed by atoms with Crippen molar-refractivity contribution in [3.05, 3.63) is 59.4 Å². The molecule has 116 valence electrons. The third-order valence-electron chi connectivity index (χ3n) is 2.92. The molecule has 0 aliphatic heterocycles. The lowest BCUT2D eigenvalue weighted by atomic mass is 10.1. The minimum atomic E-state index is -0.697. The first-order valence-electron chi connectivity index (χ1n) is 6.79. The maximum Gasteiger partial charge on any atom is 0.251 e. The Morgan fingerprint density at radius 2 is 2.05 bits per heavy atom. The minimum absolute atomic E-state index is 0.00300. The van der Waals surface area contributed by atoms with E-state index in [-0.39, 0.29) is 12.4 Å². The predicted octanol–water partition coefficient (Wildman–Crippen LogP) is 2.05. The van der Waals surface area contributed by atoms with Gasteiger partial charge in [-0.1, -0.05) is 11.8 Å². The molecule has 6 heteroatoms. The average molecular weight is 319 g/mol. The zero-order valence-corrected chi connectivity index (χ0v) is 13.0. The summed E-state index contributed by atoms with van der Waals surface area (Å²) in [6, 6.07) is 11.9. The van der Waals surface area contributed by atoms with Crippen LogP contribution in [0.2, 0.25) is 0 Å². The van der Waals surface area contributed by atoms with E-state index < -0.39 is 6.10 Å². The van der Waals surface area contributed by atoms with Crippen LogP contribution in [0.4, 0.5) is 0 Å². The second kappa shape index (κ2) is 7.82. The molecule has 1 unspecified atom stereocenters. The number of rotatable bonds is 7. The molecule has 0 spiro atoms. The highest BCUT2D eigenvalue weighted by Crippen LogP contribution is 2.16. The Bertz CT molecular complexity index is 630. The van der Waals surface area contributed by atoms with Crippen LogP contribution in [0.3, 0.4) is 0 Å². The first-order chi connectivity index (χ1) is 10.6. The van der Waals surface area contributed by atoms with E-state index in [0.29, 0.717) is 22.1 Å². The molecule has 1 heterocycles. The van der Waals surface area contributed by atoms with E-state index >= 15 is 0 Å². The van der Waals surface area contributed by atoms with E-state index in [1.165, 1.54) is 24.9 Å².